The van der Waals surface area contributed by atoms with Gasteiger partial charge in [-0.3, -0.25) is 9.69 Å². The van der Waals surface area contributed by atoms with Crippen molar-refractivity contribution in [2.45, 2.75) is 32.3 Å². The molecule has 0 aromatic heterocycles. The SMILES string of the molecule is C=C1CC=C(C)C=C1N1CCN(CCCNC(=O)C(C)(O)c2ccc(OC)cc2)CC1. The van der Waals surface area contributed by atoms with Crippen molar-refractivity contribution >= 4 is 5.91 Å². The summed E-state index contributed by atoms with van der Waals surface area (Å²) in [6.45, 7) is 13.4. The van der Waals surface area contributed by atoms with E-state index in [1.54, 1.807) is 31.4 Å². The van der Waals surface area contributed by atoms with Crippen LogP contribution in [0.15, 0.2) is 59.8 Å². The quantitative estimate of drug-likeness (QED) is 0.627. The summed E-state index contributed by atoms with van der Waals surface area (Å²) in [6, 6.07) is 6.91. The summed E-state index contributed by atoms with van der Waals surface area (Å²) < 4.78 is 5.13. The van der Waals surface area contributed by atoms with Gasteiger partial charge in [0, 0.05) is 38.4 Å². The summed E-state index contributed by atoms with van der Waals surface area (Å²) in [4.78, 5) is 17.4. The second kappa shape index (κ2) is 10.2. The largest absolute Gasteiger partial charge is 0.497 e. The average Bonchev–Trinajstić information content (AvgIpc) is 2.78. The highest BCUT2D eigenvalue weighted by Gasteiger charge is 2.32. The smallest absolute Gasteiger partial charge is 0.256 e. The van der Waals surface area contributed by atoms with Crippen LogP contribution in [0.5, 0.6) is 5.75 Å². The summed E-state index contributed by atoms with van der Waals surface area (Å²) in [7, 11) is 1.59. The molecule has 1 aliphatic heterocycles. The Hall–Kier alpha value is -2.57. The van der Waals surface area contributed by atoms with Gasteiger partial charge >= 0.3 is 0 Å². The van der Waals surface area contributed by atoms with E-state index >= 15 is 0 Å². The van der Waals surface area contributed by atoms with Crippen molar-refractivity contribution < 1.29 is 14.6 Å². The lowest BCUT2D eigenvalue weighted by Crippen LogP contribution is -2.47. The van der Waals surface area contributed by atoms with Crippen LogP contribution in [-0.2, 0) is 10.4 Å². The van der Waals surface area contributed by atoms with Gasteiger partial charge in [-0.15, -0.1) is 0 Å². The molecule has 1 heterocycles. The fourth-order valence-electron chi connectivity index (χ4n) is 4.02. The first-order valence-corrected chi connectivity index (χ1v) is 11.0. The number of piperazine rings is 1. The Kier molecular flexibility index (Phi) is 7.57. The molecule has 1 fully saturated rings. The van der Waals surface area contributed by atoms with Crippen molar-refractivity contribution in [3.8, 4) is 5.75 Å². The Labute approximate surface area is 185 Å². The van der Waals surface area contributed by atoms with E-state index in [-0.39, 0.29) is 5.91 Å². The third-order valence-corrected chi connectivity index (χ3v) is 6.14. The number of nitrogens with one attached hydrogen (secondary N) is 1. The monoisotopic (exact) mass is 425 g/mol. The summed E-state index contributed by atoms with van der Waals surface area (Å²) in [5, 5.41) is 13.6. The van der Waals surface area contributed by atoms with Crippen LogP contribution in [0.25, 0.3) is 0 Å². The van der Waals surface area contributed by atoms with Crippen LogP contribution >= 0.6 is 0 Å². The van der Waals surface area contributed by atoms with Crippen LogP contribution in [0.3, 0.4) is 0 Å². The number of amides is 1. The minimum Gasteiger partial charge on any atom is -0.497 e. The molecule has 1 aromatic rings. The first-order chi connectivity index (χ1) is 14.8. The van der Waals surface area contributed by atoms with E-state index in [1.165, 1.54) is 23.8 Å². The third kappa shape index (κ3) is 5.77. The molecule has 1 unspecified atom stereocenters. The number of rotatable bonds is 8. The van der Waals surface area contributed by atoms with Crippen LogP contribution < -0.4 is 10.1 Å². The van der Waals surface area contributed by atoms with Crippen LogP contribution in [0.2, 0.25) is 0 Å². The summed E-state index contributed by atoms with van der Waals surface area (Å²) in [5.41, 5.74) is 2.77. The molecular formula is C25H35N3O3. The van der Waals surface area contributed by atoms with E-state index in [9.17, 15) is 9.90 Å². The molecule has 6 heteroatoms. The highest BCUT2D eigenvalue weighted by Crippen LogP contribution is 2.26. The lowest BCUT2D eigenvalue weighted by molar-refractivity contribution is -0.139. The number of benzene rings is 1. The zero-order chi connectivity index (χ0) is 22.4. The van der Waals surface area contributed by atoms with E-state index in [0.29, 0.717) is 17.9 Å². The Morgan fingerprint density at radius 3 is 2.55 bits per heavy atom. The van der Waals surface area contributed by atoms with Crippen molar-refractivity contribution in [1.29, 1.82) is 0 Å². The molecule has 0 spiro atoms. The van der Waals surface area contributed by atoms with Crippen LogP contribution in [0.1, 0.15) is 32.3 Å². The number of allylic oxidation sites excluding steroid dienone is 4. The van der Waals surface area contributed by atoms with Gasteiger partial charge in [0.05, 0.1) is 7.11 Å². The topological polar surface area (TPSA) is 65.0 Å². The minimum absolute atomic E-state index is 0.381. The molecule has 31 heavy (non-hydrogen) atoms. The average molecular weight is 426 g/mol. The van der Waals surface area contributed by atoms with Gasteiger partial charge in [0.15, 0.2) is 5.60 Å². The van der Waals surface area contributed by atoms with Gasteiger partial charge in [-0.1, -0.05) is 30.4 Å². The summed E-state index contributed by atoms with van der Waals surface area (Å²) in [6.07, 6.45) is 6.26. The van der Waals surface area contributed by atoms with E-state index in [1.807, 2.05) is 0 Å². The Balaban J connectivity index is 1.39. The van der Waals surface area contributed by atoms with Gasteiger partial charge in [0.2, 0.25) is 0 Å². The molecular weight excluding hydrogens is 390 g/mol. The van der Waals surface area contributed by atoms with Gasteiger partial charge in [-0.2, -0.15) is 0 Å². The fourth-order valence-corrected chi connectivity index (χ4v) is 4.02. The zero-order valence-corrected chi connectivity index (χ0v) is 19.0. The molecule has 1 amide bonds. The molecule has 0 saturated carbocycles. The lowest BCUT2D eigenvalue weighted by atomic mass is 9.95. The number of carbonyl (C=O) groups is 1. The standard InChI is InChI=1S/C25H35N3O3/c1-19-6-7-20(2)23(18-19)28-16-14-27(15-17-28)13-5-12-26-24(29)25(3,30)21-8-10-22(31-4)11-9-21/h6,8-11,18,30H,2,5,7,12-17H2,1,3-4H3,(H,26,29). The zero-order valence-electron chi connectivity index (χ0n) is 19.0. The number of hydrogen-bond donors (Lipinski definition) is 2. The number of hydrogen-bond acceptors (Lipinski definition) is 5. The van der Waals surface area contributed by atoms with Crippen LogP contribution in [0.4, 0.5) is 0 Å². The maximum atomic E-state index is 12.5. The van der Waals surface area contributed by atoms with Crippen molar-refractivity contribution in [3.63, 3.8) is 0 Å². The Bertz CT molecular complexity index is 847. The molecule has 1 atom stereocenters. The van der Waals surface area contributed by atoms with Crippen LogP contribution in [-0.4, -0.2) is 67.2 Å². The predicted molar refractivity (Wildman–Crippen MR) is 124 cm³/mol. The van der Waals surface area contributed by atoms with Gasteiger partial charge in [0.1, 0.15) is 5.75 Å². The Morgan fingerprint density at radius 2 is 1.90 bits per heavy atom. The number of methoxy groups -OCH3 is 1. The van der Waals surface area contributed by atoms with Crippen molar-refractivity contribution in [2.75, 3.05) is 46.4 Å². The third-order valence-electron chi connectivity index (χ3n) is 6.14. The second-order valence-corrected chi connectivity index (χ2v) is 8.52. The van der Waals surface area contributed by atoms with E-state index in [0.717, 1.165) is 45.6 Å². The highest BCUT2D eigenvalue weighted by atomic mass is 16.5. The maximum absolute atomic E-state index is 12.5. The molecule has 2 aliphatic rings. The number of aliphatic hydroxyl groups is 1. The summed E-state index contributed by atoms with van der Waals surface area (Å²) in [5.74, 6) is 0.310. The van der Waals surface area contributed by atoms with Gasteiger partial charge < -0.3 is 20.1 Å². The maximum Gasteiger partial charge on any atom is 0.256 e. The minimum atomic E-state index is -1.57. The van der Waals surface area contributed by atoms with E-state index < -0.39 is 5.60 Å². The lowest BCUT2D eigenvalue weighted by Gasteiger charge is -2.38. The molecule has 2 N–H and O–H groups in total. The molecule has 1 aromatic carbocycles. The molecule has 0 radical (unpaired) electrons. The predicted octanol–water partition coefficient (Wildman–Crippen LogP) is 2.82. The first kappa shape index (κ1) is 23.1. The summed E-state index contributed by atoms with van der Waals surface area (Å²) >= 11 is 0. The van der Waals surface area contributed by atoms with Gasteiger partial charge in [0.25, 0.3) is 5.91 Å². The van der Waals surface area contributed by atoms with Gasteiger partial charge in [-0.25, -0.2) is 0 Å². The van der Waals surface area contributed by atoms with E-state index in [2.05, 4.69) is 40.8 Å². The van der Waals surface area contributed by atoms with Gasteiger partial charge in [-0.05, 0) is 62.6 Å². The normalized spacial score (nSPS) is 19.4. The van der Waals surface area contributed by atoms with Crippen molar-refractivity contribution in [3.05, 3.63) is 65.4 Å². The molecule has 1 saturated heterocycles. The molecule has 6 nitrogen and oxygen atoms in total. The van der Waals surface area contributed by atoms with Crippen molar-refractivity contribution in [2.24, 2.45) is 0 Å². The fraction of sp³-hybridized carbons (Fsp3) is 0.480. The molecule has 168 valence electrons. The molecule has 1 aliphatic carbocycles. The van der Waals surface area contributed by atoms with Crippen LogP contribution in [0, 0.1) is 0 Å². The first-order valence-electron chi connectivity index (χ1n) is 11.0. The number of ether oxygens (including phenoxy) is 1. The highest BCUT2D eigenvalue weighted by molar-refractivity contribution is 5.85. The number of carbonyl (C=O) groups excluding carboxylic acids is 1. The van der Waals surface area contributed by atoms with Crippen molar-refractivity contribution in [1.82, 2.24) is 15.1 Å². The molecule has 3 rings (SSSR count). The van der Waals surface area contributed by atoms with E-state index in [4.69, 9.17) is 4.74 Å². The number of nitrogens with zero attached hydrogens (tertiary/aromatic N) is 2. The molecule has 0 bridgehead atoms. The Morgan fingerprint density at radius 1 is 1.23 bits per heavy atom. The second-order valence-electron chi connectivity index (χ2n) is 8.52.